The topological polar surface area (TPSA) is 70.6 Å². The van der Waals surface area contributed by atoms with Gasteiger partial charge in [-0.2, -0.15) is 0 Å². The Balaban J connectivity index is 2.66. The average molecular weight is 357 g/mol. The minimum Gasteiger partial charge on any atom is -0.356 e. The predicted molar refractivity (Wildman–Crippen MR) is 97.2 cm³/mol. The predicted octanol–water partition coefficient (Wildman–Crippen LogP) is 2.47. The zero-order chi connectivity index (χ0) is 18.2. The molecule has 0 aromatic heterocycles. The third-order valence-electron chi connectivity index (χ3n) is 3.51. The maximum Gasteiger partial charge on any atom is 0.191 e. The Hall–Kier alpha value is -1.63. The quantitative estimate of drug-likeness (QED) is 0.426. The van der Waals surface area contributed by atoms with Gasteiger partial charge in [0.15, 0.2) is 15.8 Å². The lowest BCUT2D eigenvalue weighted by atomic mass is 10.1. The third kappa shape index (κ3) is 8.29. The Bertz CT molecular complexity index is 658. The van der Waals surface area contributed by atoms with Gasteiger partial charge in [0.25, 0.3) is 0 Å². The van der Waals surface area contributed by atoms with Crippen molar-refractivity contribution < 1.29 is 12.8 Å². The Morgan fingerprint density at radius 3 is 2.54 bits per heavy atom. The van der Waals surface area contributed by atoms with Crippen molar-refractivity contribution in [2.75, 3.05) is 19.8 Å². The normalized spacial score (nSPS) is 12.5. The van der Waals surface area contributed by atoms with Crippen molar-refractivity contribution >= 4 is 15.8 Å². The second kappa shape index (κ2) is 9.61. The second-order valence-corrected chi connectivity index (χ2v) is 8.51. The number of rotatable bonds is 8. The molecule has 1 aromatic rings. The highest BCUT2D eigenvalue weighted by Gasteiger charge is 2.11. The molecular formula is C17H28FN3O2S. The molecular weight excluding hydrogens is 329 g/mol. The van der Waals surface area contributed by atoms with E-state index in [4.69, 9.17) is 0 Å². The maximum absolute atomic E-state index is 13.5. The molecule has 0 atom stereocenters. The van der Waals surface area contributed by atoms with Crippen LogP contribution in [0.5, 0.6) is 0 Å². The number of guanidine groups is 1. The maximum atomic E-state index is 13.5. The highest BCUT2D eigenvalue weighted by molar-refractivity contribution is 7.89. The monoisotopic (exact) mass is 357 g/mol. The van der Waals surface area contributed by atoms with Gasteiger partial charge < -0.3 is 10.6 Å². The molecule has 0 amide bonds. The summed E-state index contributed by atoms with van der Waals surface area (Å²) >= 11 is 0. The van der Waals surface area contributed by atoms with Gasteiger partial charge in [0, 0.05) is 26.4 Å². The fourth-order valence-corrected chi connectivity index (χ4v) is 3.15. The third-order valence-corrected chi connectivity index (χ3v) is 4.34. The standard InChI is InChI=1S/C17H28FN3O2S/c1-13(2)6-5-9-20-17(19-3)21-11-15-10-16(18)8-7-14(15)12-24(4,22)23/h7-8,10,13H,5-6,9,11-12H2,1-4H3,(H2,19,20,21). The van der Waals surface area contributed by atoms with Crippen LogP contribution in [0.2, 0.25) is 0 Å². The molecule has 0 radical (unpaired) electrons. The number of halogens is 1. The van der Waals surface area contributed by atoms with Gasteiger partial charge in [0.2, 0.25) is 0 Å². The molecule has 24 heavy (non-hydrogen) atoms. The van der Waals surface area contributed by atoms with Crippen molar-refractivity contribution in [2.45, 2.75) is 39.0 Å². The number of benzene rings is 1. The van der Waals surface area contributed by atoms with Crippen molar-refractivity contribution in [2.24, 2.45) is 10.9 Å². The van der Waals surface area contributed by atoms with Crippen LogP contribution >= 0.6 is 0 Å². The van der Waals surface area contributed by atoms with E-state index in [1.54, 1.807) is 7.05 Å². The van der Waals surface area contributed by atoms with Crippen molar-refractivity contribution in [3.05, 3.63) is 35.1 Å². The number of hydrogen-bond donors (Lipinski definition) is 2. The molecule has 1 aromatic carbocycles. The van der Waals surface area contributed by atoms with Gasteiger partial charge in [-0.25, -0.2) is 12.8 Å². The van der Waals surface area contributed by atoms with Crippen LogP contribution in [-0.4, -0.2) is 34.2 Å². The Kier molecular flexibility index (Phi) is 8.18. The van der Waals surface area contributed by atoms with Gasteiger partial charge in [-0.05, 0) is 42.0 Å². The summed E-state index contributed by atoms with van der Waals surface area (Å²) in [6.45, 7) is 5.48. The van der Waals surface area contributed by atoms with E-state index in [9.17, 15) is 12.8 Å². The first-order chi connectivity index (χ1) is 11.2. The van der Waals surface area contributed by atoms with Crippen molar-refractivity contribution in [3.8, 4) is 0 Å². The SMILES string of the molecule is CN=C(NCCCC(C)C)NCc1cc(F)ccc1CS(C)(=O)=O. The summed E-state index contributed by atoms with van der Waals surface area (Å²) in [6, 6.07) is 4.16. The van der Waals surface area contributed by atoms with Crippen LogP contribution < -0.4 is 10.6 Å². The van der Waals surface area contributed by atoms with E-state index in [-0.39, 0.29) is 11.6 Å². The molecule has 2 N–H and O–H groups in total. The molecule has 0 unspecified atom stereocenters. The van der Waals surface area contributed by atoms with Gasteiger partial charge in [-0.15, -0.1) is 0 Å². The zero-order valence-corrected chi connectivity index (χ0v) is 15.7. The van der Waals surface area contributed by atoms with Gasteiger partial charge in [0.1, 0.15) is 5.82 Å². The Morgan fingerprint density at radius 1 is 1.25 bits per heavy atom. The highest BCUT2D eigenvalue weighted by atomic mass is 32.2. The van der Waals surface area contributed by atoms with Crippen molar-refractivity contribution in [1.82, 2.24) is 10.6 Å². The van der Waals surface area contributed by atoms with E-state index < -0.39 is 9.84 Å². The number of hydrogen-bond acceptors (Lipinski definition) is 3. The van der Waals surface area contributed by atoms with Gasteiger partial charge >= 0.3 is 0 Å². The van der Waals surface area contributed by atoms with E-state index in [0.29, 0.717) is 29.5 Å². The van der Waals surface area contributed by atoms with Crippen LogP contribution in [0, 0.1) is 11.7 Å². The Labute approximate surface area is 144 Å². The summed E-state index contributed by atoms with van der Waals surface area (Å²) in [6.07, 6.45) is 3.34. The second-order valence-electron chi connectivity index (χ2n) is 6.37. The van der Waals surface area contributed by atoms with Gasteiger partial charge in [-0.3, -0.25) is 4.99 Å². The first-order valence-electron chi connectivity index (χ1n) is 8.11. The summed E-state index contributed by atoms with van der Waals surface area (Å²) in [5.74, 6) is 0.787. The number of nitrogens with zero attached hydrogens (tertiary/aromatic N) is 1. The zero-order valence-electron chi connectivity index (χ0n) is 14.9. The molecule has 0 spiro atoms. The van der Waals surface area contributed by atoms with Crippen molar-refractivity contribution in [1.29, 1.82) is 0 Å². The lowest BCUT2D eigenvalue weighted by molar-refractivity contribution is 0.549. The molecule has 0 bridgehead atoms. The average Bonchev–Trinajstić information content (AvgIpc) is 2.47. The minimum absolute atomic E-state index is 0.106. The van der Waals surface area contributed by atoms with Crippen molar-refractivity contribution in [3.63, 3.8) is 0 Å². The van der Waals surface area contributed by atoms with Crippen LogP contribution in [0.15, 0.2) is 23.2 Å². The van der Waals surface area contributed by atoms with Crippen LogP contribution in [0.3, 0.4) is 0 Å². The molecule has 7 heteroatoms. The summed E-state index contributed by atoms with van der Waals surface area (Å²) in [7, 11) is -1.51. The van der Waals surface area contributed by atoms with E-state index >= 15 is 0 Å². The Morgan fingerprint density at radius 2 is 1.96 bits per heavy atom. The van der Waals surface area contributed by atoms with Crippen LogP contribution in [0.1, 0.15) is 37.8 Å². The largest absolute Gasteiger partial charge is 0.356 e. The van der Waals surface area contributed by atoms with Gasteiger partial charge in [0.05, 0.1) is 5.75 Å². The van der Waals surface area contributed by atoms with E-state index in [0.717, 1.165) is 19.4 Å². The van der Waals surface area contributed by atoms with Gasteiger partial charge in [-0.1, -0.05) is 19.9 Å². The molecule has 0 aliphatic carbocycles. The number of nitrogens with one attached hydrogen (secondary N) is 2. The molecule has 0 aliphatic rings. The number of aliphatic imine (C=N–C) groups is 1. The highest BCUT2D eigenvalue weighted by Crippen LogP contribution is 2.14. The number of sulfone groups is 1. The minimum atomic E-state index is -3.18. The fourth-order valence-electron chi connectivity index (χ4n) is 2.30. The van der Waals surface area contributed by atoms with Crippen LogP contribution in [0.4, 0.5) is 4.39 Å². The smallest absolute Gasteiger partial charge is 0.191 e. The lowest BCUT2D eigenvalue weighted by Crippen LogP contribution is -2.37. The molecule has 1 rings (SSSR count). The van der Waals surface area contributed by atoms with E-state index in [1.807, 2.05) is 0 Å². The summed E-state index contributed by atoms with van der Waals surface area (Å²) in [5, 5.41) is 6.31. The van der Waals surface area contributed by atoms with E-state index in [2.05, 4.69) is 29.5 Å². The van der Waals surface area contributed by atoms with Crippen LogP contribution in [-0.2, 0) is 22.1 Å². The van der Waals surface area contributed by atoms with Crippen LogP contribution in [0.25, 0.3) is 0 Å². The summed E-state index contributed by atoms with van der Waals surface area (Å²) < 4.78 is 36.5. The molecule has 0 heterocycles. The fraction of sp³-hybridized carbons (Fsp3) is 0.588. The molecule has 0 saturated carbocycles. The summed E-state index contributed by atoms with van der Waals surface area (Å²) in [5.41, 5.74) is 1.22. The molecule has 136 valence electrons. The molecule has 0 aliphatic heterocycles. The van der Waals surface area contributed by atoms with E-state index in [1.165, 1.54) is 24.5 Å². The molecule has 0 saturated heterocycles. The lowest BCUT2D eigenvalue weighted by Gasteiger charge is -2.14. The first-order valence-corrected chi connectivity index (χ1v) is 10.2. The summed E-state index contributed by atoms with van der Waals surface area (Å²) in [4.78, 5) is 4.13. The molecule has 0 fully saturated rings. The molecule has 5 nitrogen and oxygen atoms in total. The first kappa shape index (κ1) is 20.4.